The van der Waals surface area contributed by atoms with Crippen LogP contribution in [0.2, 0.25) is 0 Å². The van der Waals surface area contributed by atoms with E-state index in [0.717, 1.165) is 19.5 Å². The molecule has 0 aliphatic rings. The van der Waals surface area contributed by atoms with Crippen LogP contribution in [-0.2, 0) is 19.5 Å². The van der Waals surface area contributed by atoms with Crippen LogP contribution in [0.15, 0.2) is 30.0 Å². The van der Waals surface area contributed by atoms with Gasteiger partial charge in [-0.3, -0.25) is 0 Å². The van der Waals surface area contributed by atoms with Gasteiger partial charge < -0.3 is 9.88 Å². The van der Waals surface area contributed by atoms with Crippen LogP contribution >= 0.6 is 11.3 Å². The van der Waals surface area contributed by atoms with E-state index in [4.69, 9.17) is 0 Å². The zero-order valence-corrected chi connectivity index (χ0v) is 11.2. The molecule has 2 heterocycles. The van der Waals surface area contributed by atoms with E-state index in [-0.39, 0.29) is 0 Å². The SMILES string of the molecule is CCn1cncc1CNC(C)Cc1cccs1. The highest BCUT2D eigenvalue weighted by Gasteiger charge is 2.06. The molecule has 0 saturated carbocycles. The first-order chi connectivity index (χ1) is 8.29. The number of imidazole rings is 1. The fourth-order valence-corrected chi connectivity index (χ4v) is 2.70. The predicted octanol–water partition coefficient (Wildman–Crippen LogP) is 2.69. The van der Waals surface area contributed by atoms with Crippen molar-refractivity contribution in [1.82, 2.24) is 14.9 Å². The lowest BCUT2D eigenvalue weighted by atomic mass is 10.2. The van der Waals surface area contributed by atoms with E-state index in [1.165, 1.54) is 10.6 Å². The van der Waals surface area contributed by atoms with Gasteiger partial charge in [0.15, 0.2) is 0 Å². The molecule has 0 spiro atoms. The van der Waals surface area contributed by atoms with E-state index in [2.05, 4.69) is 46.2 Å². The van der Waals surface area contributed by atoms with Crippen LogP contribution < -0.4 is 5.32 Å². The molecular formula is C13H19N3S. The standard InChI is InChI=1S/C13H19N3S/c1-3-16-10-14-8-12(16)9-15-11(2)7-13-5-4-6-17-13/h4-6,8,10-11,15H,3,7,9H2,1-2H3. The smallest absolute Gasteiger partial charge is 0.0948 e. The Bertz CT molecular complexity index is 433. The lowest BCUT2D eigenvalue weighted by Crippen LogP contribution is -2.28. The summed E-state index contributed by atoms with van der Waals surface area (Å²) in [5.41, 5.74) is 1.26. The van der Waals surface area contributed by atoms with Crippen LogP contribution in [0.5, 0.6) is 0 Å². The molecule has 0 amide bonds. The highest BCUT2D eigenvalue weighted by atomic mass is 32.1. The van der Waals surface area contributed by atoms with Gasteiger partial charge in [-0.15, -0.1) is 11.3 Å². The maximum absolute atomic E-state index is 4.17. The summed E-state index contributed by atoms with van der Waals surface area (Å²) in [4.78, 5) is 5.61. The van der Waals surface area contributed by atoms with Crippen LogP contribution in [0.4, 0.5) is 0 Å². The number of nitrogens with one attached hydrogen (secondary N) is 1. The van der Waals surface area contributed by atoms with Gasteiger partial charge in [0, 0.05) is 30.2 Å². The van der Waals surface area contributed by atoms with E-state index in [9.17, 15) is 0 Å². The van der Waals surface area contributed by atoms with E-state index in [1.807, 2.05) is 23.9 Å². The molecular weight excluding hydrogens is 230 g/mol. The monoisotopic (exact) mass is 249 g/mol. The van der Waals surface area contributed by atoms with Crippen LogP contribution in [-0.4, -0.2) is 15.6 Å². The van der Waals surface area contributed by atoms with Crippen molar-refractivity contribution in [2.75, 3.05) is 0 Å². The lowest BCUT2D eigenvalue weighted by Gasteiger charge is -2.13. The Kier molecular flexibility index (Phi) is 4.34. The summed E-state index contributed by atoms with van der Waals surface area (Å²) in [6.07, 6.45) is 4.92. The van der Waals surface area contributed by atoms with Gasteiger partial charge in [0.25, 0.3) is 0 Å². The summed E-state index contributed by atoms with van der Waals surface area (Å²) in [7, 11) is 0. The second kappa shape index (κ2) is 5.98. The molecule has 1 atom stereocenters. The average Bonchev–Trinajstić information content (AvgIpc) is 2.96. The number of hydrogen-bond acceptors (Lipinski definition) is 3. The largest absolute Gasteiger partial charge is 0.334 e. The van der Waals surface area contributed by atoms with Crippen LogP contribution in [0.25, 0.3) is 0 Å². The molecule has 0 saturated heterocycles. The Balaban J connectivity index is 1.82. The van der Waals surface area contributed by atoms with Crippen LogP contribution in [0.1, 0.15) is 24.4 Å². The van der Waals surface area contributed by atoms with Crippen molar-refractivity contribution in [2.24, 2.45) is 0 Å². The van der Waals surface area contributed by atoms with Crippen molar-refractivity contribution < 1.29 is 0 Å². The topological polar surface area (TPSA) is 29.9 Å². The molecule has 2 rings (SSSR count). The summed E-state index contributed by atoms with van der Waals surface area (Å²) in [5, 5.41) is 5.68. The quantitative estimate of drug-likeness (QED) is 0.853. The fourth-order valence-electron chi connectivity index (χ4n) is 1.86. The molecule has 0 radical (unpaired) electrons. The Morgan fingerprint density at radius 3 is 3.12 bits per heavy atom. The fraction of sp³-hybridized carbons (Fsp3) is 0.462. The zero-order valence-electron chi connectivity index (χ0n) is 10.4. The van der Waals surface area contributed by atoms with Gasteiger partial charge >= 0.3 is 0 Å². The van der Waals surface area contributed by atoms with E-state index < -0.39 is 0 Å². The van der Waals surface area contributed by atoms with Crippen molar-refractivity contribution in [2.45, 2.75) is 39.4 Å². The molecule has 17 heavy (non-hydrogen) atoms. The van der Waals surface area contributed by atoms with Gasteiger partial charge in [0.05, 0.1) is 12.0 Å². The molecule has 0 fully saturated rings. The lowest BCUT2D eigenvalue weighted by molar-refractivity contribution is 0.529. The highest BCUT2D eigenvalue weighted by Crippen LogP contribution is 2.11. The Morgan fingerprint density at radius 1 is 1.53 bits per heavy atom. The third-order valence-corrected chi connectivity index (χ3v) is 3.76. The number of hydrogen-bond donors (Lipinski definition) is 1. The molecule has 2 aromatic heterocycles. The highest BCUT2D eigenvalue weighted by molar-refractivity contribution is 7.09. The van der Waals surface area contributed by atoms with Gasteiger partial charge in [0.1, 0.15) is 0 Å². The van der Waals surface area contributed by atoms with Gasteiger partial charge in [-0.25, -0.2) is 4.98 Å². The van der Waals surface area contributed by atoms with Gasteiger partial charge in [-0.05, 0) is 31.7 Å². The number of aromatic nitrogens is 2. The Labute approximate surface area is 107 Å². The average molecular weight is 249 g/mol. The number of nitrogens with zero attached hydrogens (tertiary/aromatic N) is 2. The second-order valence-electron chi connectivity index (χ2n) is 4.24. The first-order valence-electron chi connectivity index (χ1n) is 6.04. The second-order valence-corrected chi connectivity index (χ2v) is 5.27. The molecule has 0 aliphatic heterocycles. The van der Waals surface area contributed by atoms with Crippen molar-refractivity contribution in [3.05, 3.63) is 40.6 Å². The molecule has 1 N–H and O–H groups in total. The minimum absolute atomic E-state index is 0.494. The van der Waals surface area contributed by atoms with Crippen LogP contribution in [0, 0.1) is 0 Å². The summed E-state index contributed by atoms with van der Waals surface area (Å²) in [6, 6.07) is 4.80. The van der Waals surface area contributed by atoms with E-state index >= 15 is 0 Å². The van der Waals surface area contributed by atoms with E-state index in [1.54, 1.807) is 0 Å². The van der Waals surface area contributed by atoms with Crippen molar-refractivity contribution in [3.8, 4) is 0 Å². The third-order valence-electron chi connectivity index (χ3n) is 2.86. The molecule has 3 nitrogen and oxygen atoms in total. The minimum atomic E-state index is 0.494. The summed E-state index contributed by atoms with van der Waals surface area (Å²) >= 11 is 1.82. The maximum Gasteiger partial charge on any atom is 0.0948 e. The Hall–Kier alpha value is -1.13. The summed E-state index contributed by atoms with van der Waals surface area (Å²) in [6.45, 7) is 6.24. The predicted molar refractivity (Wildman–Crippen MR) is 72.2 cm³/mol. The molecule has 4 heteroatoms. The van der Waals surface area contributed by atoms with Crippen molar-refractivity contribution in [3.63, 3.8) is 0 Å². The third kappa shape index (κ3) is 3.41. The van der Waals surface area contributed by atoms with Gasteiger partial charge in [0.2, 0.25) is 0 Å². The van der Waals surface area contributed by atoms with Crippen molar-refractivity contribution >= 4 is 11.3 Å². The van der Waals surface area contributed by atoms with E-state index in [0.29, 0.717) is 6.04 Å². The first kappa shape index (κ1) is 12.3. The molecule has 92 valence electrons. The molecule has 0 bridgehead atoms. The Morgan fingerprint density at radius 2 is 2.41 bits per heavy atom. The molecule has 1 unspecified atom stereocenters. The van der Waals surface area contributed by atoms with Crippen molar-refractivity contribution in [1.29, 1.82) is 0 Å². The van der Waals surface area contributed by atoms with Gasteiger partial charge in [-0.1, -0.05) is 6.07 Å². The van der Waals surface area contributed by atoms with Gasteiger partial charge in [-0.2, -0.15) is 0 Å². The number of thiophene rings is 1. The molecule has 0 aliphatic carbocycles. The minimum Gasteiger partial charge on any atom is -0.334 e. The molecule has 2 aromatic rings. The zero-order chi connectivity index (χ0) is 12.1. The molecule has 0 aromatic carbocycles. The maximum atomic E-state index is 4.17. The van der Waals surface area contributed by atoms with Crippen LogP contribution in [0.3, 0.4) is 0 Å². The first-order valence-corrected chi connectivity index (χ1v) is 6.92. The number of aryl methyl sites for hydroxylation is 1. The normalized spacial score (nSPS) is 12.8. The summed E-state index contributed by atoms with van der Waals surface area (Å²) < 4.78 is 2.17. The summed E-state index contributed by atoms with van der Waals surface area (Å²) in [5.74, 6) is 0. The number of rotatable bonds is 6.